The maximum Gasteiger partial charge on any atom is 0.251 e. The lowest BCUT2D eigenvalue weighted by molar-refractivity contribution is 0.0947. The third-order valence-electron chi connectivity index (χ3n) is 2.69. The van der Waals surface area contributed by atoms with E-state index in [-0.39, 0.29) is 5.91 Å². The number of anilines is 1. The minimum Gasteiger partial charge on any atom is -0.465 e. The third kappa shape index (κ3) is 3.34. The SMILES string of the molecule is CNc1cc(C(=O)NCc2ccc(C)o2)cc(C)n1. The second kappa shape index (κ2) is 5.56. The Morgan fingerprint density at radius 2 is 2.11 bits per heavy atom. The van der Waals surface area contributed by atoms with Crippen LogP contribution in [-0.2, 0) is 6.54 Å². The average molecular weight is 259 g/mol. The summed E-state index contributed by atoms with van der Waals surface area (Å²) in [4.78, 5) is 16.3. The van der Waals surface area contributed by atoms with Gasteiger partial charge < -0.3 is 15.1 Å². The van der Waals surface area contributed by atoms with E-state index in [1.165, 1.54) is 0 Å². The van der Waals surface area contributed by atoms with Gasteiger partial charge in [0.25, 0.3) is 5.91 Å². The lowest BCUT2D eigenvalue weighted by atomic mass is 10.2. The zero-order valence-corrected chi connectivity index (χ0v) is 11.3. The fraction of sp³-hybridized carbons (Fsp3) is 0.286. The molecule has 2 aromatic rings. The van der Waals surface area contributed by atoms with Gasteiger partial charge in [0.2, 0.25) is 0 Å². The zero-order valence-electron chi connectivity index (χ0n) is 11.3. The molecule has 0 spiro atoms. The van der Waals surface area contributed by atoms with Crippen molar-refractivity contribution in [2.75, 3.05) is 12.4 Å². The molecule has 5 heteroatoms. The first-order valence-electron chi connectivity index (χ1n) is 6.08. The Kier molecular flexibility index (Phi) is 3.85. The molecule has 0 aliphatic rings. The highest BCUT2D eigenvalue weighted by atomic mass is 16.3. The number of aryl methyl sites for hydroxylation is 2. The normalized spacial score (nSPS) is 10.3. The molecule has 0 radical (unpaired) electrons. The highest BCUT2D eigenvalue weighted by molar-refractivity contribution is 5.94. The first-order valence-corrected chi connectivity index (χ1v) is 6.08. The van der Waals surface area contributed by atoms with Crippen molar-refractivity contribution in [3.05, 3.63) is 47.0 Å². The smallest absolute Gasteiger partial charge is 0.251 e. The highest BCUT2D eigenvalue weighted by Gasteiger charge is 2.09. The summed E-state index contributed by atoms with van der Waals surface area (Å²) in [5, 5.41) is 5.75. The molecule has 2 heterocycles. The maximum absolute atomic E-state index is 12.0. The number of carbonyl (C=O) groups excluding carboxylic acids is 1. The number of hydrogen-bond donors (Lipinski definition) is 2. The second-order valence-corrected chi connectivity index (χ2v) is 4.33. The molecule has 5 nitrogen and oxygen atoms in total. The van der Waals surface area contributed by atoms with E-state index in [1.54, 1.807) is 19.2 Å². The lowest BCUT2D eigenvalue weighted by Gasteiger charge is -2.07. The summed E-state index contributed by atoms with van der Waals surface area (Å²) in [6.45, 7) is 4.10. The van der Waals surface area contributed by atoms with Crippen molar-refractivity contribution in [2.24, 2.45) is 0 Å². The van der Waals surface area contributed by atoms with E-state index in [0.29, 0.717) is 17.9 Å². The average Bonchev–Trinajstić information content (AvgIpc) is 2.81. The highest BCUT2D eigenvalue weighted by Crippen LogP contribution is 2.10. The quantitative estimate of drug-likeness (QED) is 0.883. The molecular formula is C14H17N3O2. The topological polar surface area (TPSA) is 67.2 Å². The molecule has 0 aliphatic carbocycles. The molecule has 0 atom stereocenters. The molecular weight excluding hydrogens is 242 g/mol. The summed E-state index contributed by atoms with van der Waals surface area (Å²) in [7, 11) is 1.77. The number of nitrogens with one attached hydrogen (secondary N) is 2. The molecule has 0 unspecified atom stereocenters. The maximum atomic E-state index is 12.0. The zero-order chi connectivity index (χ0) is 13.8. The molecule has 2 rings (SSSR count). The van der Waals surface area contributed by atoms with Crippen molar-refractivity contribution in [1.29, 1.82) is 0 Å². The molecule has 2 aromatic heterocycles. The first kappa shape index (κ1) is 13.1. The summed E-state index contributed by atoms with van der Waals surface area (Å²) in [6.07, 6.45) is 0. The molecule has 0 saturated carbocycles. The van der Waals surface area contributed by atoms with Gasteiger partial charge in [0.15, 0.2) is 0 Å². The largest absolute Gasteiger partial charge is 0.465 e. The molecule has 100 valence electrons. The third-order valence-corrected chi connectivity index (χ3v) is 2.69. The molecule has 2 N–H and O–H groups in total. The fourth-order valence-corrected chi connectivity index (χ4v) is 1.78. The van der Waals surface area contributed by atoms with E-state index in [4.69, 9.17) is 4.42 Å². The van der Waals surface area contributed by atoms with Crippen LogP contribution in [0.1, 0.15) is 27.6 Å². The van der Waals surface area contributed by atoms with Crippen LogP contribution in [0, 0.1) is 13.8 Å². The summed E-state index contributed by atoms with van der Waals surface area (Å²) in [6, 6.07) is 7.20. The summed E-state index contributed by atoms with van der Waals surface area (Å²) >= 11 is 0. The summed E-state index contributed by atoms with van der Waals surface area (Å²) < 4.78 is 5.40. The van der Waals surface area contributed by atoms with Crippen molar-refractivity contribution in [1.82, 2.24) is 10.3 Å². The summed E-state index contributed by atoms with van der Waals surface area (Å²) in [5.74, 6) is 2.11. The van der Waals surface area contributed by atoms with Crippen LogP contribution in [0.3, 0.4) is 0 Å². The minimum absolute atomic E-state index is 0.143. The lowest BCUT2D eigenvalue weighted by Crippen LogP contribution is -2.23. The van der Waals surface area contributed by atoms with Crippen LogP contribution in [0.25, 0.3) is 0 Å². The van der Waals surface area contributed by atoms with Crippen LogP contribution in [-0.4, -0.2) is 17.9 Å². The predicted molar refractivity (Wildman–Crippen MR) is 73.1 cm³/mol. The number of amides is 1. The molecule has 0 saturated heterocycles. The Morgan fingerprint density at radius 1 is 1.32 bits per heavy atom. The van der Waals surface area contributed by atoms with Crippen LogP contribution in [0.4, 0.5) is 5.82 Å². The molecule has 0 aliphatic heterocycles. The molecule has 0 fully saturated rings. The van der Waals surface area contributed by atoms with Gasteiger partial charge in [-0.2, -0.15) is 0 Å². The standard InChI is InChI=1S/C14H17N3O2/c1-9-6-11(7-13(15-3)17-9)14(18)16-8-12-5-4-10(2)19-12/h4-7H,8H2,1-3H3,(H,15,17)(H,16,18). The van der Waals surface area contributed by atoms with Crippen molar-refractivity contribution >= 4 is 11.7 Å². The second-order valence-electron chi connectivity index (χ2n) is 4.33. The van der Waals surface area contributed by atoms with E-state index >= 15 is 0 Å². The molecule has 0 bridgehead atoms. The van der Waals surface area contributed by atoms with Crippen LogP contribution >= 0.6 is 0 Å². The van der Waals surface area contributed by atoms with E-state index < -0.39 is 0 Å². The number of nitrogens with zero attached hydrogens (tertiary/aromatic N) is 1. The molecule has 0 aromatic carbocycles. The monoisotopic (exact) mass is 259 g/mol. The van der Waals surface area contributed by atoms with Gasteiger partial charge >= 0.3 is 0 Å². The molecule has 19 heavy (non-hydrogen) atoms. The number of carbonyl (C=O) groups is 1. The van der Waals surface area contributed by atoms with Gasteiger partial charge in [-0.05, 0) is 38.1 Å². The number of rotatable bonds is 4. The van der Waals surface area contributed by atoms with E-state index in [1.807, 2.05) is 26.0 Å². The van der Waals surface area contributed by atoms with Crippen LogP contribution in [0.15, 0.2) is 28.7 Å². The van der Waals surface area contributed by atoms with Gasteiger partial charge in [-0.3, -0.25) is 4.79 Å². The van der Waals surface area contributed by atoms with Crippen LogP contribution in [0.2, 0.25) is 0 Å². The van der Waals surface area contributed by atoms with Gasteiger partial charge in [0.1, 0.15) is 17.3 Å². The van der Waals surface area contributed by atoms with Crippen molar-refractivity contribution in [3.8, 4) is 0 Å². The van der Waals surface area contributed by atoms with Gasteiger partial charge in [0.05, 0.1) is 6.54 Å². The van der Waals surface area contributed by atoms with E-state index in [2.05, 4.69) is 15.6 Å². The van der Waals surface area contributed by atoms with Gasteiger partial charge in [-0.25, -0.2) is 4.98 Å². The number of aromatic nitrogens is 1. The van der Waals surface area contributed by atoms with Gasteiger partial charge in [0, 0.05) is 18.3 Å². The van der Waals surface area contributed by atoms with Crippen LogP contribution < -0.4 is 10.6 Å². The fourth-order valence-electron chi connectivity index (χ4n) is 1.78. The van der Waals surface area contributed by atoms with Crippen molar-refractivity contribution in [3.63, 3.8) is 0 Å². The first-order chi connectivity index (χ1) is 9.08. The Morgan fingerprint density at radius 3 is 2.74 bits per heavy atom. The Balaban J connectivity index is 2.05. The van der Waals surface area contributed by atoms with Gasteiger partial charge in [-0.1, -0.05) is 0 Å². The number of furan rings is 1. The Hall–Kier alpha value is -2.30. The summed E-state index contributed by atoms with van der Waals surface area (Å²) in [5.41, 5.74) is 1.38. The number of hydrogen-bond acceptors (Lipinski definition) is 4. The van der Waals surface area contributed by atoms with E-state index in [0.717, 1.165) is 17.2 Å². The minimum atomic E-state index is -0.143. The van der Waals surface area contributed by atoms with E-state index in [9.17, 15) is 4.79 Å². The Bertz CT molecular complexity index is 590. The van der Waals surface area contributed by atoms with Crippen molar-refractivity contribution in [2.45, 2.75) is 20.4 Å². The van der Waals surface area contributed by atoms with Crippen LogP contribution in [0.5, 0.6) is 0 Å². The van der Waals surface area contributed by atoms with Crippen molar-refractivity contribution < 1.29 is 9.21 Å². The number of pyridine rings is 1. The Labute approximate surface area is 112 Å². The van der Waals surface area contributed by atoms with Gasteiger partial charge in [-0.15, -0.1) is 0 Å². The predicted octanol–water partition coefficient (Wildman–Crippen LogP) is 2.26. The molecule has 1 amide bonds.